The fourth-order valence-corrected chi connectivity index (χ4v) is 0.679. The van der Waals surface area contributed by atoms with Crippen LogP contribution in [0.2, 0.25) is 0 Å². The van der Waals surface area contributed by atoms with Crippen molar-refractivity contribution in [1.29, 1.82) is 0 Å². The van der Waals surface area contributed by atoms with E-state index >= 15 is 0 Å². The molecule has 0 rings (SSSR count). The number of carbonyl (C=O) groups is 2. The number of hydrogen-bond donors (Lipinski definition) is 2. The van der Waals surface area contributed by atoms with E-state index in [1.165, 1.54) is 13.0 Å². The molecule has 0 spiro atoms. The van der Waals surface area contributed by atoms with Gasteiger partial charge in [0.25, 0.3) is 0 Å². The summed E-state index contributed by atoms with van der Waals surface area (Å²) < 4.78 is 0. The van der Waals surface area contributed by atoms with Crippen LogP contribution in [0.4, 0.5) is 0 Å². The average Bonchev–Trinajstić information content (AvgIpc) is 2.24. The molecule has 5 nitrogen and oxygen atoms in total. The number of halogens is 1. The molecule has 6 heteroatoms. The summed E-state index contributed by atoms with van der Waals surface area (Å²) in [5, 5.41) is 9.80. The van der Waals surface area contributed by atoms with Crippen molar-refractivity contribution in [2.75, 3.05) is 27.2 Å². The summed E-state index contributed by atoms with van der Waals surface area (Å²) >= 11 is 5.01. The van der Waals surface area contributed by atoms with Crippen LogP contribution in [0.25, 0.3) is 0 Å². The number of carboxylic acid groups (broad SMARTS) is 1. The number of nitrogens with one attached hydrogen (secondary N) is 1. The van der Waals surface area contributed by atoms with Crippen molar-refractivity contribution >= 4 is 23.5 Å². The van der Waals surface area contributed by atoms with Crippen molar-refractivity contribution in [2.45, 2.75) is 18.7 Å². The lowest BCUT2D eigenvalue weighted by Crippen LogP contribution is -2.25. The molecular weight excluding hydrogens is 244 g/mol. The van der Waals surface area contributed by atoms with Crippen molar-refractivity contribution in [2.24, 2.45) is 0 Å². The minimum absolute atomic E-state index is 0.0937. The van der Waals surface area contributed by atoms with Crippen LogP contribution in [-0.4, -0.2) is 54.4 Å². The minimum atomic E-state index is -0.975. The topological polar surface area (TPSA) is 69.6 Å². The van der Waals surface area contributed by atoms with Gasteiger partial charge in [0.05, 0.1) is 0 Å². The van der Waals surface area contributed by atoms with Gasteiger partial charge in [-0.25, -0.2) is 0 Å². The molecule has 0 aromatic carbocycles. The quantitative estimate of drug-likeness (QED) is 0.426. The van der Waals surface area contributed by atoms with E-state index < -0.39 is 11.3 Å². The molecule has 2 N–H and O–H groups in total. The van der Waals surface area contributed by atoms with Gasteiger partial charge in [-0.3, -0.25) is 9.59 Å². The zero-order chi connectivity index (χ0) is 13.8. The van der Waals surface area contributed by atoms with Crippen molar-refractivity contribution in [3.63, 3.8) is 0 Å². The SMILES string of the molecule is C=CC(=O)NCCCN(C)C.CC(Cl)C(=O)O. The molecule has 1 atom stereocenters. The third-order valence-electron chi connectivity index (χ3n) is 1.61. The van der Waals surface area contributed by atoms with E-state index in [0.717, 1.165) is 19.5 Å². The molecule has 0 aliphatic heterocycles. The summed E-state index contributed by atoms with van der Waals surface area (Å²) in [5.41, 5.74) is 0. The highest BCUT2D eigenvalue weighted by Gasteiger charge is 2.02. The minimum Gasteiger partial charge on any atom is -0.480 e. The normalized spacial score (nSPS) is 11.1. The Morgan fingerprint density at radius 1 is 1.53 bits per heavy atom. The van der Waals surface area contributed by atoms with E-state index in [4.69, 9.17) is 16.7 Å². The van der Waals surface area contributed by atoms with Crippen LogP contribution < -0.4 is 5.32 Å². The third kappa shape index (κ3) is 17.5. The number of carboxylic acids is 1. The predicted molar refractivity (Wildman–Crippen MR) is 69.3 cm³/mol. The van der Waals surface area contributed by atoms with Crippen LogP contribution in [0, 0.1) is 0 Å². The van der Waals surface area contributed by atoms with E-state index in [-0.39, 0.29) is 5.91 Å². The van der Waals surface area contributed by atoms with Crippen LogP contribution in [0.15, 0.2) is 12.7 Å². The first-order chi connectivity index (χ1) is 7.81. The highest BCUT2D eigenvalue weighted by atomic mass is 35.5. The van der Waals surface area contributed by atoms with Crippen LogP contribution >= 0.6 is 11.6 Å². The highest BCUT2D eigenvalue weighted by Crippen LogP contribution is 1.89. The van der Waals surface area contributed by atoms with E-state index in [9.17, 15) is 9.59 Å². The molecule has 0 aromatic heterocycles. The Bertz CT molecular complexity index is 243. The Morgan fingerprint density at radius 3 is 2.29 bits per heavy atom. The van der Waals surface area contributed by atoms with E-state index in [0.29, 0.717) is 0 Å². The zero-order valence-electron chi connectivity index (χ0n) is 10.6. The molecule has 100 valence electrons. The van der Waals surface area contributed by atoms with Gasteiger partial charge in [0, 0.05) is 6.54 Å². The highest BCUT2D eigenvalue weighted by molar-refractivity contribution is 6.29. The Hall–Kier alpha value is -1.07. The van der Waals surface area contributed by atoms with Crippen LogP contribution in [0.5, 0.6) is 0 Å². The molecule has 0 radical (unpaired) electrons. The smallest absolute Gasteiger partial charge is 0.321 e. The standard InChI is InChI=1S/C8H16N2O.C3H5ClO2/c1-4-8(11)9-6-5-7-10(2)3;1-2(4)3(5)6/h4H,1,5-7H2,2-3H3,(H,9,11);2H,1H3,(H,5,6). The van der Waals surface area contributed by atoms with Crippen molar-refractivity contribution in [3.8, 4) is 0 Å². The number of alkyl halides is 1. The van der Waals surface area contributed by atoms with Gasteiger partial charge >= 0.3 is 5.97 Å². The van der Waals surface area contributed by atoms with Gasteiger partial charge in [-0.1, -0.05) is 6.58 Å². The summed E-state index contributed by atoms with van der Waals surface area (Å²) in [6, 6.07) is 0. The summed E-state index contributed by atoms with van der Waals surface area (Å²) in [5.74, 6) is -1.07. The molecule has 0 aliphatic rings. The predicted octanol–water partition coefficient (Wildman–Crippen LogP) is 0.939. The zero-order valence-corrected chi connectivity index (χ0v) is 11.3. The maximum Gasteiger partial charge on any atom is 0.321 e. The molecule has 0 bridgehead atoms. The van der Waals surface area contributed by atoms with Crippen LogP contribution in [0.1, 0.15) is 13.3 Å². The van der Waals surface area contributed by atoms with Gasteiger partial charge in [0.1, 0.15) is 5.38 Å². The van der Waals surface area contributed by atoms with E-state index in [1.807, 2.05) is 14.1 Å². The number of rotatable bonds is 6. The molecule has 0 aromatic rings. The second-order valence-corrected chi connectivity index (χ2v) is 4.26. The monoisotopic (exact) mass is 264 g/mol. The molecule has 1 unspecified atom stereocenters. The van der Waals surface area contributed by atoms with Crippen molar-refractivity contribution in [1.82, 2.24) is 10.2 Å². The lowest BCUT2D eigenvalue weighted by atomic mass is 10.4. The summed E-state index contributed by atoms with van der Waals surface area (Å²) in [6.07, 6.45) is 2.27. The Balaban J connectivity index is 0. The number of hydrogen-bond acceptors (Lipinski definition) is 3. The van der Waals surface area contributed by atoms with Crippen LogP contribution in [0.3, 0.4) is 0 Å². The molecule has 0 saturated heterocycles. The van der Waals surface area contributed by atoms with E-state index in [1.54, 1.807) is 0 Å². The summed E-state index contributed by atoms with van der Waals surface area (Å²) in [4.78, 5) is 22.3. The Morgan fingerprint density at radius 2 is 2.00 bits per heavy atom. The largest absolute Gasteiger partial charge is 0.480 e. The summed E-state index contributed by atoms with van der Waals surface area (Å²) in [6.45, 7) is 6.48. The lowest BCUT2D eigenvalue weighted by Gasteiger charge is -2.08. The second-order valence-electron chi connectivity index (χ2n) is 3.61. The number of carbonyl (C=O) groups excluding carboxylic acids is 1. The first-order valence-electron chi connectivity index (χ1n) is 5.23. The molecule has 0 heterocycles. The molecule has 0 saturated carbocycles. The maximum atomic E-state index is 10.6. The molecule has 17 heavy (non-hydrogen) atoms. The molecule has 0 aliphatic carbocycles. The van der Waals surface area contributed by atoms with Gasteiger partial charge < -0.3 is 15.3 Å². The molecule has 0 fully saturated rings. The lowest BCUT2D eigenvalue weighted by molar-refractivity contribution is -0.136. The van der Waals surface area contributed by atoms with Gasteiger partial charge in [-0.05, 0) is 40.1 Å². The fourth-order valence-electron chi connectivity index (χ4n) is 0.679. The van der Waals surface area contributed by atoms with Crippen LogP contribution in [-0.2, 0) is 9.59 Å². The van der Waals surface area contributed by atoms with Crippen molar-refractivity contribution in [3.05, 3.63) is 12.7 Å². The summed E-state index contributed by atoms with van der Waals surface area (Å²) in [7, 11) is 4.02. The average molecular weight is 265 g/mol. The van der Waals surface area contributed by atoms with Gasteiger partial charge in [-0.2, -0.15) is 0 Å². The number of aliphatic carboxylic acids is 1. The van der Waals surface area contributed by atoms with E-state index in [2.05, 4.69) is 16.8 Å². The van der Waals surface area contributed by atoms with Gasteiger partial charge in [0.2, 0.25) is 5.91 Å². The number of nitrogens with zero attached hydrogens (tertiary/aromatic N) is 1. The Kier molecular flexibility index (Phi) is 12.3. The first-order valence-corrected chi connectivity index (χ1v) is 5.66. The first kappa shape index (κ1) is 18.3. The second kappa shape index (κ2) is 11.4. The maximum absolute atomic E-state index is 10.6. The van der Waals surface area contributed by atoms with Crippen molar-refractivity contribution < 1.29 is 14.7 Å². The Labute approximate surface area is 107 Å². The third-order valence-corrected chi connectivity index (χ3v) is 1.79. The van der Waals surface area contributed by atoms with Gasteiger partial charge in [0.15, 0.2) is 0 Å². The molecule has 1 amide bonds. The fraction of sp³-hybridized carbons (Fsp3) is 0.636. The number of amides is 1. The molecular formula is C11H21ClN2O3. The van der Waals surface area contributed by atoms with Gasteiger partial charge in [-0.15, -0.1) is 11.6 Å².